The second-order valence-electron chi connectivity index (χ2n) is 3.39. The summed E-state index contributed by atoms with van der Waals surface area (Å²) in [7, 11) is 1.95. The van der Waals surface area contributed by atoms with E-state index in [4.69, 9.17) is 41.2 Å². The number of rotatable bonds is 4. The monoisotopic (exact) mass is 262 g/mol. The lowest BCUT2D eigenvalue weighted by Gasteiger charge is -2.15. The normalized spacial score (nSPS) is 10.7. The molecule has 0 saturated heterocycles. The zero-order valence-electron chi connectivity index (χ0n) is 8.34. The van der Waals surface area contributed by atoms with Gasteiger partial charge in [0.15, 0.2) is 0 Å². The van der Waals surface area contributed by atoms with Gasteiger partial charge in [0.2, 0.25) is 0 Å². The van der Waals surface area contributed by atoms with E-state index in [0.29, 0.717) is 21.6 Å². The molecule has 1 rings (SSSR count). The van der Waals surface area contributed by atoms with E-state index in [1.807, 2.05) is 24.1 Å². The second-order valence-corrected chi connectivity index (χ2v) is 4.73. The fourth-order valence-corrected chi connectivity index (χ4v) is 1.81. The van der Waals surface area contributed by atoms with Crippen LogP contribution in [0.1, 0.15) is 5.56 Å². The Morgan fingerprint density at radius 3 is 2.60 bits per heavy atom. The molecule has 0 spiro atoms. The third-order valence-electron chi connectivity index (χ3n) is 1.86. The van der Waals surface area contributed by atoms with Crippen molar-refractivity contribution < 1.29 is 0 Å². The van der Waals surface area contributed by atoms with Gasteiger partial charge in [-0.3, -0.25) is 4.90 Å². The zero-order valence-corrected chi connectivity index (χ0v) is 10.7. The van der Waals surface area contributed by atoms with E-state index < -0.39 is 0 Å². The molecule has 2 nitrogen and oxygen atoms in total. The van der Waals surface area contributed by atoms with Crippen LogP contribution in [0.15, 0.2) is 18.2 Å². The zero-order chi connectivity index (χ0) is 11.4. The van der Waals surface area contributed by atoms with Crippen LogP contribution in [0.5, 0.6) is 0 Å². The van der Waals surface area contributed by atoms with Crippen molar-refractivity contribution in [3.05, 3.63) is 33.8 Å². The fourth-order valence-electron chi connectivity index (χ4n) is 1.27. The average molecular weight is 263 g/mol. The highest BCUT2D eigenvalue weighted by Gasteiger charge is 2.03. The predicted molar refractivity (Wildman–Crippen MR) is 69.6 cm³/mol. The van der Waals surface area contributed by atoms with Gasteiger partial charge in [-0.05, 0) is 24.7 Å². The maximum absolute atomic E-state index is 5.90. The van der Waals surface area contributed by atoms with Crippen LogP contribution in [0, 0.1) is 0 Å². The molecule has 15 heavy (non-hydrogen) atoms. The van der Waals surface area contributed by atoms with Crippen LogP contribution >= 0.6 is 35.4 Å². The minimum absolute atomic E-state index is 0.484. The van der Waals surface area contributed by atoms with Crippen LogP contribution in [0.4, 0.5) is 0 Å². The highest BCUT2D eigenvalue weighted by molar-refractivity contribution is 7.80. The molecule has 82 valence electrons. The number of nitrogens with zero attached hydrogens (tertiary/aromatic N) is 1. The van der Waals surface area contributed by atoms with Gasteiger partial charge in [-0.15, -0.1) is 0 Å². The molecular weight excluding hydrogens is 251 g/mol. The number of hydrogen-bond donors (Lipinski definition) is 1. The predicted octanol–water partition coefficient (Wildman–Crippen LogP) is 2.71. The summed E-state index contributed by atoms with van der Waals surface area (Å²) in [4.78, 5) is 2.50. The van der Waals surface area contributed by atoms with Crippen molar-refractivity contribution in [2.24, 2.45) is 5.73 Å². The molecular formula is C10H12Cl2N2S. The Balaban J connectivity index is 2.64. The molecule has 0 unspecified atom stereocenters. The maximum atomic E-state index is 5.90. The molecule has 0 amide bonds. The lowest BCUT2D eigenvalue weighted by atomic mass is 10.2. The van der Waals surface area contributed by atoms with E-state index in [2.05, 4.69) is 0 Å². The smallest absolute Gasteiger partial charge is 0.0870 e. The van der Waals surface area contributed by atoms with Crippen molar-refractivity contribution in [3.63, 3.8) is 0 Å². The van der Waals surface area contributed by atoms with Gasteiger partial charge in [-0.25, -0.2) is 0 Å². The summed E-state index contributed by atoms with van der Waals surface area (Å²) in [6, 6.07) is 5.57. The SMILES string of the molecule is CN(CC(N)=S)Cc1ccc(Cl)c(Cl)c1. The molecule has 0 aromatic heterocycles. The summed E-state index contributed by atoms with van der Waals surface area (Å²) >= 11 is 16.5. The lowest BCUT2D eigenvalue weighted by Crippen LogP contribution is -2.28. The van der Waals surface area contributed by atoms with Crippen molar-refractivity contribution in [2.45, 2.75) is 6.54 Å². The van der Waals surface area contributed by atoms with E-state index >= 15 is 0 Å². The summed E-state index contributed by atoms with van der Waals surface area (Å²) in [6.45, 7) is 1.34. The molecule has 0 aliphatic carbocycles. The first-order valence-corrected chi connectivity index (χ1v) is 5.56. The largest absolute Gasteiger partial charge is 0.392 e. The molecule has 1 aromatic carbocycles. The topological polar surface area (TPSA) is 29.3 Å². The Morgan fingerprint density at radius 1 is 1.40 bits per heavy atom. The Labute approximate surface area is 105 Å². The molecule has 0 heterocycles. The van der Waals surface area contributed by atoms with Crippen molar-refractivity contribution in [1.82, 2.24) is 4.90 Å². The Bertz CT molecular complexity index is 368. The van der Waals surface area contributed by atoms with Gasteiger partial charge in [0.1, 0.15) is 0 Å². The number of benzene rings is 1. The number of halogens is 2. The van der Waals surface area contributed by atoms with Crippen LogP contribution in [0.3, 0.4) is 0 Å². The molecule has 0 bridgehead atoms. The summed E-state index contributed by atoms with van der Waals surface area (Å²) in [5.41, 5.74) is 6.53. The van der Waals surface area contributed by atoms with Crippen molar-refractivity contribution >= 4 is 40.4 Å². The maximum Gasteiger partial charge on any atom is 0.0870 e. The third-order valence-corrected chi connectivity index (χ3v) is 2.73. The van der Waals surface area contributed by atoms with Crippen LogP contribution in [-0.4, -0.2) is 23.5 Å². The molecule has 0 fully saturated rings. The van der Waals surface area contributed by atoms with E-state index in [9.17, 15) is 0 Å². The van der Waals surface area contributed by atoms with Crippen LogP contribution in [0.25, 0.3) is 0 Å². The standard InChI is InChI=1S/C10H12Cl2N2S/c1-14(6-10(13)15)5-7-2-3-8(11)9(12)4-7/h2-4H,5-6H2,1H3,(H2,13,15). The van der Waals surface area contributed by atoms with E-state index in [0.717, 1.165) is 12.1 Å². The van der Waals surface area contributed by atoms with E-state index in [-0.39, 0.29) is 0 Å². The lowest BCUT2D eigenvalue weighted by molar-refractivity contribution is 0.375. The first kappa shape index (κ1) is 12.7. The summed E-state index contributed by atoms with van der Waals surface area (Å²) in [6.07, 6.45) is 0. The molecule has 0 aliphatic rings. The highest BCUT2D eigenvalue weighted by Crippen LogP contribution is 2.22. The van der Waals surface area contributed by atoms with Gasteiger partial charge in [0.25, 0.3) is 0 Å². The minimum atomic E-state index is 0.484. The Kier molecular flexibility index (Phi) is 4.80. The minimum Gasteiger partial charge on any atom is -0.392 e. The molecule has 0 saturated carbocycles. The van der Waals surface area contributed by atoms with Crippen molar-refractivity contribution in [3.8, 4) is 0 Å². The van der Waals surface area contributed by atoms with E-state index in [1.54, 1.807) is 6.07 Å². The number of thiocarbonyl (C=S) groups is 1. The van der Waals surface area contributed by atoms with Crippen molar-refractivity contribution in [1.29, 1.82) is 0 Å². The molecule has 1 aromatic rings. The highest BCUT2D eigenvalue weighted by atomic mass is 35.5. The summed E-state index contributed by atoms with van der Waals surface area (Å²) in [5, 5.41) is 1.13. The van der Waals surface area contributed by atoms with Crippen LogP contribution < -0.4 is 5.73 Å². The van der Waals surface area contributed by atoms with Crippen molar-refractivity contribution in [2.75, 3.05) is 13.6 Å². The Hall–Kier alpha value is -0.350. The van der Waals surface area contributed by atoms with E-state index in [1.165, 1.54) is 0 Å². The first-order chi connectivity index (χ1) is 6.99. The molecule has 5 heteroatoms. The second kappa shape index (κ2) is 5.66. The quantitative estimate of drug-likeness (QED) is 0.847. The van der Waals surface area contributed by atoms with Gasteiger partial charge in [0.05, 0.1) is 15.0 Å². The first-order valence-electron chi connectivity index (χ1n) is 4.40. The van der Waals surface area contributed by atoms with Gasteiger partial charge in [-0.2, -0.15) is 0 Å². The average Bonchev–Trinajstić information content (AvgIpc) is 2.10. The molecule has 2 N–H and O–H groups in total. The number of likely N-dealkylation sites (N-methyl/N-ethyl adjacent to an activating group) is 1. The van der Waals surface area contributed by atoms with Crippen LogP contribution in [-0.2, 0) is 6.54 Å². The van der Waals surface area contributed by atoms with Gasteiger partial charge in [0, 0.05) is 13.1 Å². The molecule has 0 radical (unpaired) electrons. The Morgan fingerprint density at radius 2 is 2.07 bits per heavy atom. The van der Waals surface area contributed by atoms with Gasteiger partial charge < -0.3 is 5.73 Å². The number of hydrogen-bond acceptors (Lipinski definition) is 2. The molecule has 0 atom stereocenters. The number of nitrogens with two attached hydrogens (primary N) is 1. The van der Waals surface area contributed by atoms with Gasteiger partial charge in [-0.1, -0.05) is 41.5 Å². The third kappa shape index (κ3) is 4.34. The fraction of sp³-hybridized carbons (Fsp3) is 0.300. The van der Waals surface area contributed by atoms with Crippen LogP contribution in [0.2, 0.25) is 10.0 Å². The molecule has 0 aliphatic heterocycles. The summed E-state index contributed by atoms with van der Waals surface area (Å²) in [5.74, 6) is 0. The summed E-state index contributed by atoms with van der Waals surface area (Å²) < 4.78 is 0. The van der Waals surface area contributed by atoms with Gasteiger partial charge >= 0.3 is 0 Å².